The highest BCUT2D eigenvalue weighted by atomic mass is 35.5. The number of rotatable bonds is 2. The maximum Gasteiger partial charge on any atom is 0.119 e. The number of para-hydroxylation sites is 1. The quantitative estimate of drug-likeness (QED) is 0.862. The summed E-state index contributed by atoms with van der Waals surface area (Å²) in [6.07, 6.45) is 3.88. The molecule has 0 unspecified atom stereocenters. The van der Waals surface area contributed by atoms with Gasteiger partial charge in [0, 0.05) is 18.5 Å². The molecule has 3 atom stereocenters. The number of aromatic hydroxyl groups is 1. The van der Waals surface area contributed by atoms with E-state index >= 15 is 0 Å². The van der Waals surface area contributed by atoms with Crippen molar-refractivity contribution in [1.29, 1.82) is 0 Å². The van der Waals surface area contributed by atoms with Crippen LogP contribution in [-0.2, 0) is 12.8 Å². The highest BCUT2D eigenvalue weighted by Crippen LogP contribution is 2.35. The molecule has 2 aromatic carbocycles. The standard InChI is InChI=1S/C21H25NO2.ClH/c23-20-8-4-3-7-18(20)19-11-12-22(14-21(19)24)17-10-9-15-5-1-2-6-16(15)13-17;/h1-8,17,19,21,23-24H,9-14H2;1H/t17-,19-,21+;/m1./s1. The Bertz CT molecular complexity index is 721. The van der Waals surface area contributed by atoms with Crippen LogP contribution in [0.2, 0.25) is 0 Å². The van der Waals surface area contributed by atoms with E-state index in [2.05, 4.69) is 29.2 Å². The van der Waals surface area contributed by atoms with Crippen molar-refractivity contribution in [1.82, 2.24) is 4.90 Å². The molecule has 1 fully saturated rings. The Morgan fingerprint density at radius 2 is 1.64 bits per heavy atom. The number of aliphatic hydroxyl groups is 1. The van der Waals surface area contributed by atoms with Crippen LogP contribution in [0.4, 0.5) is 0 Å². The topological polar surface area (TPSA) is 43.7 Å². The molecule has 134 valence electrons. The fourth-order valence-corrected chi connectivity index (χ4v) is 4.44. The summed E-state index contributed by atoms with van der Waals surface area (Å²) in [4.78, 5) is 2.46. The number of aliphatic hydroxyl groups excluding tert-OH is 1. The molecule has 0 spiro atoms. The number of β-amino-alcohol motifs (C(OH)–C–C–N with tert-alkyl or cyclic N) is 1. The van der Waals surface area contributed by atoms with Crippen molar-refractivity contribution in [2.75, 3.05) is 13.1 Å². The van der Waals surface area contributed by atoms with E-state index in [1.807, 2.05) is 18.2 Å². The zero-order valence-electron chi connectivity index (χ0n) is 14.3. The molecule has 1 aliphatic heterocycles. The van der Waals surface area contributed by atoms with Gasteiger partial charge in [0.05, 0.1) is 6.10 Å². The molecule has 2 N–H and O–H groups in total. The average molecular weight is 360 g/mol. The minimum absolute atomic E-state index is 0. The predicted molar refractivity (Wildman–Crippen MR) is 103 cm³/mol. The summed E-state index contributed by atoms with van der Waals surface area (Å²) in [5, 5.41) is 20.8. The minimum Gasteiger partial charge on any atom is -0.508 e. The van der Waals surface area contributed by atoms with Gasteiger partial charge in [-0.3, -0.25) is 4.90 Å². The van der Waals surface area contributed by atoms with Gasteiger partial charge in [-0.25, -0.2) is 0 Å². The summed E-state index contributed by atoms with van der Waals surface area (Å²) in [5.41, 5.74) is 3.84. The Labute approximate surface area is 155 Å². The van der Waals surface area contributed by atoms with Gasteiger partial charge in [0.15, 0.2) is 0 Å². The summed E-state index contributed by atoms with van der Waals surface area (Å²) in [5.74, 6) is 0.347. The first-order chi connectivity index (χ1) is 11.7. The van der Waals surface area contributed by atoms with Crippen molar-refractivity contribution in [2.24, 2.45) is 0 Å². The second kappa shape index (κ2) is 7.77. The van der Waals surface area contributed by atoms with Crippen molar-refractivity contribution in [3.63, 3.8) is 0 Å². The molecular weight excluding hydrogens is 334 g/mol. The average Bonchev–Trinajstić information content (AvgIpc) is 2.62. The molecular formula is C21H26ClNO2. The lowest BCUT2D eigenvalue weighted by atomic mass is 9.83. The van der Waals surface area contributed by atoms with Crippen LogP contribution < -0.4 is 0 Å². The van der Waals surface area contributed by atoms with Crippen molar-refractivity contribution in [2.45, 2.75) is 43.7 Å². The van der Waals surface area contributed by atoms with Gasteiger partial charge in [-0.2, -0.15) is 0 Å². The highest BCUT2D eigenvalue weighted by molar-refractivity contribution is 5.85. The Morgan fingerprint density at radius 3 is 2.40 bits per heavy atom. The van der Waals surface area contributed by atoms with Crippen LogP contribution in [0.25, 0.3) is 0 Å². The maximum absolute atomic E-state index is 10.7. The van der Waals surface area contributed by atoms with Crippen molar-refractivity contribution >= 4 is 12.4 Å². The molecule has 0 amide bonds. The number of halogens is 1. The Balaban J connectivity index is 0.00000182. The summed E-state index contributed by atoms with van der Waals surface area (Å²) in [6, 6.07) is 16.7. The van der Waals surface area contributed by atoms with E-state index < -0.39 is 6.10 Å². The third-order valence-electron chi connectivity index (χ3n) is 5.79. The summed E-state index contributed by atoms with van der Waals surface area (Å²) < 4.78 is 0. The number of benzene rings is 2. The number of likely N-dealkylation sites (tertiary alicyclic amines) is 1. The van der Waals surface area contributed by atoms with Crippen LogP contribution in [0.1, 0.15) is 35.4 Å². The molecule has 0 saturated carbocycles. The second-order valence-electron chi connectivity index (χ2n) is 7.18. The van der Waals surface area contributed by atoms with Gasteiger partial charge in [0.2, 0.25) is 0 Å². The van der Waals surface area contributed by atoms with E-state index in [4.69, 9.17) is 0 Å². The number of fused-ring (bicyclic) bond motifs is 1. The summed E-state index contributed by atoms with van der Waals surface area (Å²) in [6.45, 7) is 1.69. The van der Waals surface area contributed by atoms with E-state index in [1.165, 1.54) is 17.5 Å². The molecule has 0 bridgehead atoms. The molecule has 1 heterocycles. The lowest BCUT2D eigenvalue weighted by molar-refractivity contribution is 0.0257. The fourth-order valence-electron chi connectivity index (χ4n) is 4.44. The predicted octanol–water partition coefficient (Wildman–Crippen LogP) is 3.52. The molecule has 2 aliphatic rings. The van der Waals surface area contributed by atoms with Gasteiger partial charge in [-0.1, -0.05) is 42.5 Å². The van der Waals surface area contributed by atoms with Crippen LogP contribution in [-0.4, -0.2) is 40.3 Å². The normalized spacial score (nSPS) is 26.5. The van der Waals surface area contributed by atoms with E-state index in [0.717, 1.165) is 31.4 Å². The number of hydrogen-bond donors (Lipinski definition) is 2. The largest absolute Gasteiger partial charge is 0.508 e. The van der Waals surface area contributed by atoms with Crippen molar-refractivity contribution < 1.29 is 10.2 Å². The molecule has 0 radical (unpaired) electrons. The van der Waals surface area contributed by atoms with Crippen LogP contribution in [0.15, 0.2) is 48.5 Å². The van der Waals surface area contributed by atoms with Gasteiger partial charge in [-0.15, -0.1) is 12.4 Å². The summed E-state index contributed by atoms with van der Waals surface area (Å²) in [7, 11) is 0. The Morgan fingerprint density at radius 1 is 0.920 bits per heavy atom. The zero-order valence-corrected chi connectivity index (χ0v) is 15.2. The van der Waals surface area contributed by atoms with Crippen molar-refractivity contribution in [3.8, 4) is 5.75 Å². The molecule has 0 aromatic heterocycles. The highest BCUT2D eigenvalue weighted by Gasteiger charge is 2.34. The molecule has 1 saturated heterocycles. The lowest BCUT2D eigenvalue weighted by Gasteiger charge is -2.42. The SMILES string of the molecule is Cl.Oc1ccccc1[C@H]1CCN([C@@H]2CCc3ccccc3C2)C[C@@H]1O. The lowest BCUT2D eigenvalue weighted by Crippen LogP contribution is -2.49. The van der Waals surface area contributed by atoms with Gasteiger partial charge in [-0.05, 0) is 55.0 Å². The number of hydrogen-bond acceptors (Lipinski definition) is 3. The molecule has 4 heteroatoms. The number of nitrogens with zero attached hydrogens (tertiary/aromatic N) is 1. The Kier molecular flexibility index (Phi) is 5.67. The van der Waals surface area contributed by atoms with Gasteiger partial charge in [0.1, 0.15) is 5.75 Å². The molecule has 25 heavy (non-hydrogen) atoms. The van der Waals surface area contributed by atoms with Gasteiger partial charge >= 0.3 is 0 Å². The van der Waals surface area contributed by atoms with Gasteiger partial charge in [0.25, 0.3) is 0 Å². The first-order valence-electron chi connectivity index (χ1n) is 8.99. The monoisotopic (exact) mass is 359 g/mol. The zero-order chi connectivity index (χ0) is 16.5. The van der Waals surface area contributed by atoms with E-state index in [0.29, 0.717) is 18.3 Å². The van der Waals surface area contributed by atoms with Crippen LogP contribution in [0.5, 0.6) is 5.75 Å². The van der Waals surface area contributed by atoms with E-state index in [9.17, 15) is 10.2 Å². The Hall–Kier alpha value is -1.55. The number of phenols is 1. The summed E-state index contributed by atoms with van der Waals surface area (Å²) >= 11 is 0. The molecule has 3 nitrogen and oxygen atoms in total. The number of piperidine rings is 1. The third-order valence-corrected chi connectivity index (χ3v) is 5.79. The van der Waals surface area contributed by atoms with Crippen LogP contribution >= 0.6 is 12.4 Å². The third kappa shape index (κ3) is 3.69. The molecule has 4 rings (SSSR count). The second-order valence-corrected chi connectivity index (χ2v) is 7.18. The number of aryl methyl sites for hydroxylation is 1. The maximum atomic E-state index is 10.7. The smallest absolute Gasteiger partial charge is 0.119 e. The van der Waals surface area contributed by atoms with Gasteiger partial charge < -0.3 is 10.2 Å². The minimum atomic E-state index is -0.413. The number of phenolic OH excluding ortho intramolecular Hbond substituents is 1. The van der Waals surface area contributed by atoms with E-state index in [-0.39, 0.29) is 18.3 Å². The van der Waals surface area contributed by atoms with Crippen LogP contribution in [0, 0.1) is 0 Å². The van der Waals surface area contributed by atoms with Crippen LogP contribution in [0.3, 0.4) is 0 Å². The van der Waals surface area contributed by atoms with E-state index in [1.54, 1.807) is 6.07 Å². The first-order valence-corrected chi connectivity index (χ1v) is 8.99. The molecule has 2 aromatic rings. The van der Waals surface area contributed by atoms with Crippen molar-refractivity contribution in [3.05, 3.63) is 65.2 Å². The first kappa shape index (κ1) is 18.2. The fraction of sp³-hybridized carbons (Fsp3) is 0.429. The molecule has 1 aliphatic carbocycles.